The van der Waals surface area contributed by atoms with Crippen LogP contribution in [0.4, 0.5) is 5.69 Å². The third-order valence-electron chi connectivity index (χ3n) is 6.33. The number of methoxy groups -OCH3 is 1. The van der Waals surface area contributed by atoms with Gasteiger partial charge in [0.1, 0.15) is 5.75 Å². The van der Waals surface area contributed by atoms with Gasteiger partial charge in [0.2, 0.25) is 0 Å². The van der Waals surface area contributed by atoms with Gasteiger partial charge in [0.25, 0.3) is 5.91 Å². The summed E-state index contributed by atoms with van der Waals surface area (Å²) < 4.78 is 5.18. The number of amides is 1. The van der Waals surface area contributed by atoms with E-state index in [4.69, 9.17) is 4.74 Å². The van der Waals surface area contributed by atoms with Crippen molar-refractivity contribution in [2.45, 2.75) is 57.3 Å². The molecule has 2 rings (SSSR count). The molecule has 0 bridgehead atoms. The van der Waals surface area contributed by atoms with Crippen molar-refractivity contribution in [2.24, 2.45) is 0 Å². The van der Waals surface area contributed by atoms with Crippen molar-refractivity contribution in [3.05, 3.63) is 114 Å². The van der Waals surface area contributed by atoms with Crippen LogP contribution < -0.4 is 10.6 Å². The summed E-state index contributed by atoms with van der Waals surface area (Å²) in [6, 6.07) is 12.8. The van der Waals surface area contributed by atoms with E-state index in [1.165, 1.54) is 5.57 Å². The molecule has 0 heterocycles. The minimum atomic E-state index is -0.271. The maximum Gasteiger partial charge on any atom is 0.255 e. The lowest BCUT2D eigenvalue weighted by Crippen LogP contribution is -2.16. The Balaban J connectivity index is 1.96. The summed E-state index contributed by atoms with van der Waals surface area (Å²) >= 11 is 1.69. The van der Waals surface area contributed by atoms with E-state index in [9.17, 15) is 9.90 Å². The van der Waals surface area contributed by atoms with Gasteiger partial charge in [-0.25, -0.2) is 0 Å². The second-order valence-corrected chi connectivity index (χ2v) is 11.7. The molecule has 0 saturated carbocycles. The second-order valence-electron chi connectivity index (χ2n) is 10.6. The van der Waals surface area contributed by atoms with Crippen LogP contribution in [0.15, 0.2) is 107 Å². The highest BCUT2D eigenvalue weighted by atomic mass is 32.2. The van der Waals surface area contributed by atoms with E-state index in [0.717, 1.165) is 58.2 Å². The molecule has 2 aromatic rings. The largest absolute Gasteiger partial charge is 0.508 e. The van der Waals surface area contributed by atoms with Gasteiger partial charge in [-0.1, -0.05) is 57.7 Å². The van der Waals surface area contributed by atoms with Crippen LogP contribution in [0, 0.1) is 0 Å². The lowest BCUT2D eigenvalue weighted by atomic mass is 9.85. The third-order valence-corrected chi connectivity index (χ3v) is 7.37. The van der Waals surface area contributed by atoms with Crippen molar-refractivity contribution in [3.63, 3.8) is 0 Å². The normalized spacial score (nSPS) is 12.6. The maximum atomic E-state index is 12.9. The molecule has 0 radical (unpaired) electrons. The van der Waals surface area contributed by atoms with E-state index in [2.05, 4.69) is 29.9 Å². The molecule has 214 valence electrons. The topological polar surface area (TPSA) is 70.6 Å². The Morgan fingerprint density at radius 3 is 2.52 bits per heavy atom. The standard InChI is InChI=1S/C34H44N2O3S/c1-9-26(17-16-25(3)39-8)13-10-12-24(2)20-29(35-7)23-40-30-15-11-14-28(22-30)36-33(38)27-18-19-32(37)31(21-27)34(4,5)6/h9,11,14-22,35,37H,1-2,10,12-13,23H2,3-8H3,(H,36,38)/b25-16+,26-17+,29-20-. The molecule has 0 aliphatic heterocycles. The zero-order chi connectivity index (χ0) is 29.7. The number of hydrogen-bond acceptors (Lipinski definition) is 5. The first-order valence-corrected chi connectivity index (χ1v) is 14.4. The number of thioether (sulfide) groups is 1. The van der Waals surface area contributed by atoms with E-state index in [-0.39, 0.29) is 17.1 Å². The number of benzene rings is 2. The van der Waals surface area contributed by atoms with Crippen LogP contribution in [-0.4, -0.2) is 30.9 Å². The minimum Gasteiger partial charge on any atom is -0.508 e. The van der Waals surface area contributed by atoms with Gasteiger partial charge in [0.05, 0.1) is 12.9 Å². The van der Waals surface area contributed by atoms with Gasteiger partial charge >= 0.3 is 0 Å². The van der Waals surface area contributed by atoms with Crippen molar-refractivity contribution in [2.75, 3.05) is 25.2 Å². The minimum absolute atomic E-state index is 0.197. The number of phenols is 1. The van der Waals surface area contributed by atoms with Crippen LogP contribution in [0.5, 0.6) is 5.75 Å². The highest BCUT2D eigenvalue weighted by Crippen LogP contribution is 2.31. The van der Waals surface area contributed by atoms with Crippen LogP contribution in [0.25, 0.3) is 0 Å². The first kappa shape index (κ1) is 32.6. The fraction of sp³-hybridized carbons (Fsp3) is 0.324. The van der Waals surface area contributed by atoms with Crippen LogP contribution in [0.3, 0.4) is 0 Å². The highest BCUT2D eigenvalue weighted by molar-refractivity contribution is 7.99. The van der Waals surface area contributed by atoms with Crippen LogP contribution >= 0.6 is 11.8 Å². The fourth-order valence-electron chi connectivity index (χ4n) is 3.88. The zero-order valence-electron chi connectivity index (χ0n) is 24.8. The monoisotopic (exact) mass is 560 g/mol. The second kappa shape index (κ2) is 15.8. The Morgan fingerprint density at radius 1 is 1.12 bits per heavy atom. The molecular weight excluding hydrogens is 516 g/mol. The average Bonchev–Trinajstić information content (AvgIpc) is 2.92. The fourth-order valence-corrected chi connectivity index (χ4v) is 4.81. The molecule has 0 aliphatic carbocycles. The van der Waals surface area contributed by atoms with Crippen LogP contribution in [-0.2, 0) is 10.2 Å². The Kier molecular flexibility index (Phi) is 12.9. The number of rotatable bonds is 14. The van der Waals surface area contributed by atoms with Crippen molar-refractivity contribution >= 4 is 23.4 Å². The summed E-state index contributed by atoms with van der Waals surface area (Å²) in [7, 11) is 3.58. The number of phenolic OH excluding ortho intramolecular Hbond substituents is 1. The van der Waals surface area contributed by atoms with Crippen molar-refractivity contribution < 1.29 is 14.6 Å². The lowest BCUT2D eigenvalue weighted by Gasteiger charge is -2.21. The number of hydrogen-bond donors (Lipinski definition) is 3. The van der Waals surface area contributed by atoms with E-state index in [1.54, 1.807) is 37.1 Å². The summed E-state index contributed by atoms with van der Waals surface area (Å²) in [5, 5.41) is 16.5. The van der Waals surface area contributed by atoms with E-state index in [0.29, 0.717) is 5.56 Å². The molecule has 0 fully saturated rings. The molecule has 6 heteroatoms. The van der Waals surface area contributed by atoms with E-state index in [1.807, 2.05) is 77.2 Å². The van der Waals surface area contributed by atoms with Gasteiger partial charge in [-0.3, -0.25) is 4.79 Å². The first-order valence-electron chi connectivity index (χ1n) is 13.4. The molecule has 5 nitrogen and oxygen atoms in total. The molecule has 0 aliphatic rings. The number of carbonyl (C=O) groups is 1. The molecule has 0 unspecified atom stereocenters. The molecule has 1 amide bonds. The average molecular weight is 561 g/mol. The Morgan fingerprint density at radius 2 is 1.88 bits per heavy atom. The van der Waals surface area contributed by atoms with Crippen LogP contribution in [0.2, 0.25) is 0 Å². The lowest BCUT2D eigenvalue weighted by molar-refractivity contribution is 0.102. The highest BCUT2D eigenvalue weighted by Gasteiger charge is 2.20. The SMILES string of the molecule is C=C/C(=C\C=C(/C)OC)CCCC(=C)/C=C(/CSc1cccc(NC(=O)c2ccc(O)c(C(C)(C)C)c2)c1)NC. The van der Waals surface area contributed by atoms with E-state index >= 15 is 0 Å². The smallest absolute Gasteiger partial charge is 0.255 e. The van der Waals surface area contributed by atoms with Gasteiger partial charge in [-0.05, 0) is 85.7 Å². The molecule has 3 N–H and O–H groups in total. The predicted molar refractivity (Wildman–Crippen MR) is 171 cm³/mol. The molecule has 0 aromatic heterocycles. The van der Waals surface area contributed by atoms with Gasteiger partial charge in [0, 0.05) is 40.2 Å². The van der Waals surface area contributed by atoms with E-state index < -0.39 is 0 Å². The summed E-state index contributed by atoms with van der Waals surface area (Å²) in [6.07, 6.45) is 10.8. The molecular formula is C34H44N2O3S. The first-order chi connectivity index (χ1) is 19.0. The molecule has 0 spiro atoms. The number of ether oxygens (including phenoxy) is 1. The Labute approximate surface area is 244 Å². The number of carbonyl (C=O) groups excluding carboxylic acids is 1. The number of anilines is 1. The summed E-state index contributed by atoms with van der Waals surface area (Å²) in [5.74, 6) is 1.60. The quantitative estimate of drug-likeness (QED) is 0.123. The van der Waals surface area contributed by atoms with Gasteiger partial charge in [-0.2, -0.15) is 0 Å². The predicted octanol–water partition coefficient (Wildman–Crippen LogP) is 8.53. The zero-order valence-corrected chi connectivity index (χ0v) is 25.6. The van der Waals surface area contributed by atoms with Gasteiger partial charge in [-0.15, -0.1) is 11.8 Å². The van der Waals surface area contributed by atoms with Crippen molar-refractivity contribution in [3.8, 4) is 5.75 Å². The number of nitrogens with one attached hydrogen (secondary N) is 2. The number of aromatic hydroxyl groups is 1. The molecule has 0 saturated heterocycles. The van der Waals surface area contributed by atoms with Crippen LogP contribution in [0.1, 0.15) is 62.9 Å². The van der Waals surface area contributed by atoms with Crippen molar-refractivity contribution in [1.82, 2.24) is 5.32 Å². The molecule has 0 atom stereocenters. The third kappa shape index (κ3) is 10.9. The Hall–Kier alpha value is -3.64. The summed E-state index contributed by atoms with van der Waals surface area (Å²) in [4.78, 5) is 14.0. The summed E-state index contributed by atoms with van der Waals surface area (Å²) in [6.45, 7) is 16.1. The van der Waals surface area contributed by atoms with Crippen molar-refractivity contribution in [1.29, 1.82) is 0 Å². The van der Waals surface area contributed by atoms with Gasteiger partial charge < -0.3 is 20.5 Å². The van der Waals surface area contributed by atoms with Gasteiger partial charge in [0.15, 0.2) is 0 Å². The Bertz CT molecular complexity index is 1280. The molecule has 2 aromatic carbocycles. The summed E-state index contributed by atoms with van der Waals surface area (Å²) in [5.41, 5.74) is 5.03. The number of allylic oxidation sites excluding steroid dienone is 7. The molecule has 40 heavy (non-hydrogen) atoms. The maximum absolute atomic E-state index is 12.9.